The molecule has 0 saturated carbocycles. The van der Waals surface area contributed by atoms with E-state index in [1.807, 2.05) is 70.2 Å². The Labute approximate surface area is 186 Å². The molecular formula is C25H23N5O2. The SMILES string of the molecule is Cc1ccc(OCC(=O)Nc2c(C#N)cnn2-c2cc(C)c3cccc(C)c3n2)cc1C. The Balaban J connectivity index is 1.62. The molecule has 32 heavy (non-hydrogen) atoms. The molecule has 0 aliphatic heterocycles. The Bertz CT molecular complexity index is 1380. The van der Waals surface area contributed by atoms with Gasteiger partial charge in [-0.15, -0.1) is 0 Å². The number of carbonyl (C=O) groups is 1. The molecule has 0 aliphatic rings. The van der Waals surface area contributed by atoms with Crippen molar-refractivity contribution in [2.45, 2.75) is 27.7 Å². The Kier molecular flexibility index (Phi) is 5.61. The number of amides is 1. The highest BCUT2D eigenvalue weighted by molar-refractivity contribution is 5.92. The molecule has 4 rings (SSSR count). The van der Waals surface area contributed by atoms with Crippen LogP contribution in [0.5, 0.6) is 5.75 Å². The third kappa shape index (κ3) is 4.03. The number of nitrogens with zero attached hydrogens (tertiary/aromatic N) is 4. The molecule has 0 bridgehead atoms. The molecule has 4 aromatic rings. The maximum absolute atomic E-state index is 12.6. The van der Waals surface area contributed by atoms with Crippen molar-refractivity contribution in [2.24, 2.45) is 0 Å². The van der Waals surface area contributed by atoms with Crippen LogP contribution in [0.2, 0.25) is 0 Å². The number of aromatic nitrogens is 3. The van der Waals surface area contributed by atoms with Crippen molar-refractivity contribution in [2.75, 3.05) is 11.9 Å². The molecule has 0 atom stereocenters. The summed E-state index contributed by atoms with van der Waals surface area (Å²) in [6.45, 7) is 7.80. The van der Waals surface area contributed by atoms with E-state index in [4.69, 9.17) is 9.72 Å². The summed E-state index contributed by atoms with van der Waals surface area (Å²) in [6.07, 6.45) is 1.42. The minimum Gasteiger partial charge on any atom is -0.484 e. The third-order valence-electron chi connectivity index (χ3n) is 5.45. The molecule has 0 fully saturated rings. The highest BCUT2D eigenvalue weighted by Gasteiger charge is 2.17. The van der Waals surface area contributed by atoms with E-state index < -0.39 is 5.91 Å². The second-order valence-electron chi connectivity index (χ2n) is 7.78. The number of ether oxygens (including phenoxy) is 1. The zero-order valence-electron chi connectivity index (χ0n) is 18.4. The Morgan fingerprint density at radius 2 is 1.88 bits per heavy atom. The van der Waals surface area contributed by atoms with E-state index >= 15 is 0 Å². The van der Waals surface area contributed by atoms with Gasteiger partial charge in [-0.1, -0.05) is 24.3 Å². The van der Waals surface area contributed by atoms with Crippen molar-refractivity contribution < 1.29 is 9.53 Å². The van der Waals surface area contributed by atoms with Crippen LogP contribution in [0.3, 0.4) is 0 Å². The van der Waals surface area contributed by atoms with Crippen LogP contribution >= 0.6 is 0 Å². The minimum atomic E-state index is -0.393. The van der Waals surface area contributed by atoms with Gasteiger partial charge in [0.1, 0.15) is 17.4 Å². The number of anilines is 1. The monoisotopic (exact) mass is 425 g/mol. The quantitative estimate of drug-likeness (QED) is 0.507. The summed E-state index contributed by atoms with van der Waals surface area (Å²) in [4.78, 5) is 17.4. The number of aryl methyl sites for hydroxylation is 4. The largest absolute Gasteiger partial charge is 0.484 e. The van der Waals surface area contributed by atoms with Gasteiger partial charge in [0.25, 0.3) is 5.91 Å². The fourth-order valence-electron chi connectivity index (χ4n) is 3.50. The first-order valence-electron chi connectivity index (χ1n) is 10.2. The summed E-state index contributed by atoms with van der Waals surface area (Å²) in [5, 5.41) is 17.6. The molecule has 2 aromatic heterocycles. The van der Waals surface area contributed by atoms with Crippen molar-refractivity contribution in [3.05, 3.63) is 76.5 Å². The van der Waals surface area contributed by atoms with Gasteiger partial charge in [0.05, 0.1) is 11.7 Å². The lowest BCUT2D eigenvalue weighted by Gasteiger charge is -2.12. The fourth-order valence-corrected chi connectivity index (χ4v) is 3.50. The van der Waals surface area contributed by atoms with E-state index in [1.54, 1.807) is 0 Å². The summed E-state index contributed by atoms with van der Waals surface area (Å²) in [5.74, 6) is 1.01. The maximum atomic E-state index is 12.6. The average molecular weight is 425 g/mol. The molecule has 7 nitrogen and oxygen atoms in total. The number of benzene rings is 2. The molecule has 0 saturated heterocycles. The molecule has 0 aliphatic carbocycles. The van der Waals surface area contributed by atoms with Gasteiger partial charge < -0.3 is 10.1 Å². The molecule has 0 unspecified atom stereocenters. The van der Waals surface area contributed by atoms with E-state index in [0.717, 1.165) is 33.2 Å². The number of carbonyl (C=O) groups excluding carboxylic acids is 1. The molecule has 1 N–H and O–H groups in total. The van der Waals surface area contributed by atoms with Gasteiger partial charge in [0.2, 0.25) is 0 Å². The number of rotatable bonds is 5. The highest BCUT2D eigenvalue weighted by atomic mass is 16.5. The first kappa shape index (κ1) is 21.1. The zero-order valence-corrected chi connectivity index (χ0v) is 18.4. The number of nitriles is 1. The fraction of sp³-hybridized carbons (Fsp3) is 0.200. The number of hydrogen-bond donors (Lipinski definition) is 1. The van der Waals surface area contributed by atoms with Gasteiger partial charge in [-0.2, -0.15) is 15.0 Å². The lowest BCUT2D eigenvalue weighted by atomic mass is 10.1. The first-order chi connectivity index (χ1) is 15.4. The zero-order chi connectivity index (χ0) is 22.8. The van der Waals surface area contributed by atoms with Crippen molar-refractivity contribution in [1.29, 1.82) is 5.26 Å². The summed E-state index contributed by atoms with van der Waals surface area (Å²) < 4.78 is 7.10. The van der Waals surface area contributed by atoms with Gasteiger partial charge in [-0.25, -0.2) is 4.98 Å². The number of nitrogens with one attached hydrogen (secondary N) is 1. The van der Waals surface area contributed by atoms with Gasteiger partial charge in [0.15, 0.2) is 18.2 Å². The van der Waals surface area contributed by atoms with E-state index in [1.165, 1.54) is 10.9 Å². The normalized spacial score (nSPS) is 10.7. The first-order valence-corrected chi connectivity index (χ1v) is 10.2. The molecule has 2 heterocycles. The maximum Gasteiger partial charge on any atom is 0.263 e. The summed E-state index contributed by atoms with van der Waals surface area (Å²) in [5.41, 5.74) is 5.39. The van der Waals surface area contributed by atoms with E-state index in [2.05, 4.69) is 16.5 Å². The molecule has 1 amide bonds. The lowest BCUT2D eigenvalue weighted by molar-refractivity contribution is -0.118. The molecule has 2 aromatic carbocycles. The topological polar surface area (TPSA) is 92.8 Å². The Morgan fingerprint density at radius 1 is 1.06 bits per heavy atom. The summed E-state index contributed by atoms with van der Waals surface area (Å²) >= 11 is 0. The number of para-hydroxylation sites is 1. The van der Waals surface area contributed by atoms with E-state index in [9.17, 15) is 10.1 Å². The molecule has 7 heteroatoms. The van der Waals surface area contributed by atoms with Crippen molar-refractivity contribution in [3.8, 4) is 17.6 Å². The summed E-state index contributed by atoms with van der Waals surface area (Å²) in [7, 11) is 0. The molecular weight excluding hydrogens is 402 g/mol. The van der Waals surface area contributed by atoms with Gasteiger partial charge in [-0.3, -0.25) is 4.79 Å². The van der Waals surface area contributed by atoms with Crippen LogP contribution in [0, 0.1) is 39.0 Å². The van der Waals surface area contributed by atoms with Gasteiger partial charge in [-0.05, 0) is 68.1 Å². The van der Waals surface area contributed by atoms with Crippen LogP contribution in [-0.4, -0.2) is 27.3 Å². The van der Waals surface area contributed by atoms with Crippen molar-refractivity contribution in [3.63, 3.8) is 0 Å². The van der Waals surface area contributed by atoms with Crippen LogP contribution in [0.15, 0.2) is 48.7 Å². The standard InChI is InChI=1S/C25H23N5O2/c1-15-8-9-20(10-17(15)3)32-14-23(31)29-25-19(12-26)13-27-30(25)22-11-18(4)21-7-5-6-16(2)24(21)28-22/h5-11,13H,14H2,1-4H3,(H,29,31). The number of hydrogen-bond acceptors (Lipinski definition) is 5. The van der Waals surface area contributed by atoms with E-state index in [-0.39, 0.29) is 18.0 Å². The molecule has 160 valence electrons. The number of fused-ring (bicyclic) bond motifs is 1. The third-order valence-corrected chi connectivity index (χ3v) is 5.45. The van der Waals surface area contributed by atoms with Crippen LogP contribution in [0.4, 0.5) is 5.82 Å². The lowest BCUT2D eigenvalue weighted by Crippen LogP contribution is -2.22. The highest BCUT2D eigenvalue weighted by Crippen LogP contribution is 2.25. The van der Waals surface area contributed by atoms with Crippen LogP contribution in [-0.2, 0) is 4.79 Å². The smallest absolute Gasteiger partial charge is 0.263 e. The Morgan fingerprint density at radius 3 is 2.62 bits per heavy atom. The van der Waals surface area contributed by atoms with Crippen molar-refractivity contribution >= 4 is 22.6 Å². The molecule has 0 radical (unpaired) electrons. The summed E-state index contributed by atoms with van der Waals surface area (Å²) in [6, 6.07) is 15.6. The van der Waals surface area contributed by atoms with Gasteiger partial charge in [0, 0.05) is 5.39 Å². The predicted octanol–water partition coefficient (Wildman–Crippen LogP) is 4.54. The second-order valence-corrected chi connectivity index (χ2v) is 7.78. The Hall–Kier alpha value is -4.18. The van der Waals surface area contributed by atoms with Crippen molar-refractivity contribution in [1.82, 2.24) is 14.8 Å². The predicted molar refractivity (Wildman–Crippen MR) is 123 cm³/mol. The van der Waals surface area contributed by atoms with Gasteiger partial charge >= 0.3 is 0 Å². The average Bonchev–Trinajstić information content (AvgIpc) is 3.17. The van der Waals surface area contributed by atoms with E-state index in [0.29, 0.717) is 11.6 Å². The van der Waals surface area contributed by atoms with Crippen LogP contribution < -0.4 is 10.1 Å². The van der Waals surface area contributed by atoms with Crippen LogP contribution in [0.1, 0.15) is 27.8 Å². The molecule has 0 spiro atoms. The second kappa shape index (κ2) is 8.52. The number of pyridine rings is 1. The minimum absolute atomic E-state index is 0.193. The van der Waals surface area contributed by atoms with Crippen LogP contribution in [0.25, 0.3) is 16.7 Å².